The molecule has 0 radical (unpaired) electrons. The van der Waals surface area contributed by atoms with Gasteiger partial charge in [0.25, 0.3) is 5.91 Å². The van der Waals surface area contributed by atoms with Gasteiger partial charge in [0.1, 0.15) is 10.7 Å². The van der Waals surface area contributed by atoms with Crippen LogP contribution in [-0.2, 0) is 10.0 Å². The first kappa shape index (κ1) is 21.3. The average molecular weight is 417 g/mol. The predicted octanol–water partition coefficient (Wildman–Crippen LogP) is 2.51. The van der Waals surface area contributed by atoms with Crippen LogP contribution in [0, 0.1) is 0 Å². The standard InChI is InChI=1S/C21H28N4O3S/c1-3-18(4-2)23-29(27,28)19-10-11-20(22-16-19)24-12-14-25(15-13-24)21(26)17-8-6-5-7-9-17/h5-11,16,18,23H,3-4,12-15H2,1-2H3. The van der Waals surface area contributed by atoms with Gasteiger partial charge in [-0.25, -0.2) is 18.1 Å². The van der Waals surface area contributed by atoms with Crippen molar-refractivity contribution in [2.45, 2.75) is 37.6 Å². The van der Waals surface area contributed by atoms with Crippen molar-refractivity contribution in [1.82, 2.24) is 14.6 Å². The van der Waals surface area contributed by atoms with E-state index in [-0.39, 0.29) is 16.8 Å². The number of hydrogen-bond acceptors (Lipinski definition) is 5. The van der Waals surface area contributed by atoms with Crippen molar-refractivity contribution in [3.8, 4) is 0 Å². The van der Waals surface area contributed by atoms with Crippen LogP contribution in [0.1, 0.15) is 37.0 Å². The van der Waals surface area contributed by atoms with Crippen molar-refractivity contribution in [2.75, 3.05) is 31.1 Å². The molecule has 0 unspecified atom stereocenters. The molecule has 2 heterocycles. The van der Waals surface area contributed by atoms with E-state index in [0.29, 0.717) is 31.7 Å². The molecular weight excluding hydrogens is 388 g/mol. The maximum absolute atomic E-state index is 12.6. The number of benzene rings is 1. The number of aromatic nitrogens is 1. The van der Waals surface area contributed by atoms with E-state index in [4.69, 9.17) is 0 Å². The Balaban J connectivity index is 1.61. The fourth-order valence-corrected chi connectivity index (χ4v) is 4.71. The lowest BCUT2D eigenvalue weighted by Gasteiger charge is -2.35. The number of carbonyl (C=O) groups excluding carboxylic acids is 1. The Bertz CT molecular complexity index is 905. The second-order valence-corrected chi connectivity index (χ2v) is 8.85. The minimum Gasteiger partial charge on any atom is -0.353 e. The third-order valence-electron chi connectivity index (χ3n) is 5.25. The second-order valence-electron chi connectivity index (χ2n) is 7.13. The fraction of sp³-hybridized carbons (Fsp3) is 0.429. The number of nitrogens with one attached hydrogen (secondary N) is 1. The summed E-state index contributed by atoms with van der Waals surface area (Å²) in [5, 5.41) is 0. The van der Waals surface area contributed by atoms with Gasteiger partial charge in [0.15, 0.2) is 0 Å². The molecule has 1 aliphatic rings. The summed E-state index contributed by atoms with van der Waals surface area (Å²) in [6.45, 7) is 6.44. The monoisotopic (exact) mass is 416 g/mol. The smallest absolute Gasteiger partial charge is 0.253 e. The molecular formula is C21H28N4O3S. The number of nitrogens with zero attached hydrogens (tertiary/aromatic N) is 3. The minimum atomic E-state index is -3.57. The first-order valence-corrected chi connectivity index (χ1v) is 11.5. The van der Waals surface area contributed by atoms with E-state index >= 15 is 0 Å². The summed E-state index contributed by atoms with van der Waals surface area (Å²) in [4.78, 5) is 21.0. The lowest BCUT2D eigenvalue weighted by Crippen LogP contribution is -2.49. The van der Waals surface area contributed by atoms with Gasteiger partial charge in [0, 0.05) is 44.0 Å². The quantitative estimate of drug-likeness (QED) is 0.750. The maximum atomic E-state index is 12.6. The number of rotatable bonds is 7. The number of piperazine rings is 1. The Kier molecular flexibility index (Phi) is 6.87. The Labute approximate surface area is 172 Å². The summed E-state index contributed by atoms with van der Waals surface area (Å²) >= 11 is 0. The van der Waals surface area contributed by atoms with Crippen LogP contribution in [0.25, 0.3) is 0 Å². The topological polar surface area (TPSA) is 82.6 Å². The normalized spacial score (nSPS) is 15.0. The van der Waals surface area contributed by atoms with Crippen molar-refractivity contribution in [3.05, 3.63) is 54.2 Å². The third kappa shape index (κ3) is 5.13. The van der Waals surface area contributed by atoms with Gasteiger partial charge in [-0.05, 0) is 37.1 Å². The first-order chi connectivity index (χ1) is 13.9. The molecule has 1 aliphatic heterocycles. The van der Waals surface area contributed by atoms with E-state index in [1.165, 1.54) is 6.20 Å². The molecule has 1 amide bonds. The minimum absolute atomic E-state index is 0.0344. The lowest BCUT2D eigenvalue weighted by atomic mass is 10.2. The van der Waals surface area contributed by atoms with E-state index in [9.17, 15) is 13.2 Å². The summed E-state index contributed by atoms with van der Waals surface area (Å²) < 4.78 is 27.7. The van der Waals surface area contributed by atoms with Crippen molar-refractivity contribution in [2.24, 2.45) is 0 Å². The van der Waals surface area contributed by atoms with Crippen molar-refractivity contribution >= 4 is 21.7 Å². The zero-order valence-corrected chi connectivity index (χ0v) is 17.7. The van der Waals surface area contributed by atoms with Crippen molar-refractivity contribution in [1.29, 1.82) is 0 Å². The van der Waals surface area contributed by atoms with Crippen LogP contribution in [0.15, 0.2) is 53.6 Å². The van der Waals surface area contributed by atoms with Gasteiger partial charge in [-0.15, -0.1) is 0 Å². The highest BCUT2D eigenvalue weighted by atomic mass is 32.2. The molecule has 7 nitrogen and oxygen atoms in total. The SMILES string of the molecule is CCC(CC)NS(=O)(=O)c1ccc(N2CCN(C(=O)c3ccccc3)CC2)nc1. The molecule has 2 aromatic rings. The van der Waals surface area contributed by atoms with Crippen LogP contribution in [-0.4, -0.2) is 56.4 Å². The van der Waals surface area contributed by atoms with Crippen LogP contribution < -0.4 is 9.62 Å². The summed E-state index contributed by atoms with van der Waals surface area (Å²) in [6, 6.07) is 12.5. The van der Waals surface area contributed by atoms with Crippen LogP contribution in [0.4, 0.5) is 5.82 Å². The Hall–Kier alpha value is -2.45. The summed E-state index contributed by atoms with van der Waals surface area (Å²) in [6.07, 6.45) is 2.89. The highest BCUT2D eigenvalue weighted by Gasteiger charge is 2.24. The molecule has 3 rings (SSSR count). The number of hydrogen-bond donors (Lipinski definition) is 1. The molecule has 156 valence electrons. The summed E-state index contributed by atoms with van der Waals surface area (Å²) in [7, 11) is -3.57. The van der Waals surface area contributed by atoms with Crippen LogP contribution in [0.5, 0.6) is 0 Å². The highest BCUT2D eigenvalue weighted by Crippen LogP contribution is 2.18. The number of anilines is 1. The van der Waals surface area contributed by atoms with E-state index in [1.807, 2.05) is 49.1 Å². The average Bonchev–Trinajstić information content (AvgIpc) is 2.78. The van der Waals surface area contributed by atoms with E-state index in [1.54, 1.807) is 12.1 Å². The molecule has 1 saturated heterocycles. The second kappa shape index (κ2) is 9.37. The van der Waals surface area contributed by atoms with Gasteiger partial charge in [0.2, 0.25) is 10.0 Å². The molecule has 0 bridgehead atoms. The summed E-state index contributed by atoms with van der Waals surface area (Å²) in [5.74, 6) is 0.755. The molecule has 29 heavy (non-hydrogen) atoms. The molecule has 1 aromatic carbocycles. The molecule has 8 heteroatoms. The number of amides is 1. The number of carbonyl (C=O) groups is 1. The number of sulfonamides is 1. The van der Waals surface area contributed by atoms with Gasteiger partial charge < -0.3 is 9.80 Å². The highest BCUT2D eigenvalue weighted by molar-refractivity contribution is 7.89. The molecule has 1 fully saturated rings. The van der Waals surface area contributed by atoms with Crippen LogP contribution >= 0.6 is 0 Å². The third-order valence-corrected chi connectivity index (χ3v) is 6.76. The first-order valence-electron chi connectivity index (χ1n) is 10.0. The Morgan fingerprint density at radius 1 is 1.03 bits per heavy atom. The zero-order valence-electron chi connectivity index (χ0n) is 16.9. The van der Waals surface area contributed by atoms with E-state index in [2.05, 4.69) is 14.6 Å². The Morgan fingerprint density at radius 3 is 2.24 bits per heavy atom. The van der Waals surface area contributed by atoms with E-state index in [0.717, 1.165) is 18.7 Å². The summed E-state index contributed by atoms with van der Waals surface area (Å²) in [5.41, 5.74) is 0.693. The molecule has 0 aliphatic carbocycles. The number of pyridine rings is 1. The maximum Gasteiger partial charge on any atom is 0.253 e. The van der Waals surface area contributed by atoms with Crippen LogP contribution in [0.3, 0.4) is 0 Å². The molecule has 0 atom stereocenters. The molecule has 1 N–H and O–H groups in total. The largest absolute Gasteiger partial charge is 0.353 e. The Morgan fingerprint density at radius 2 is 1.69 bits per heavy atom. The van der Waals surface area contributed by atoms with Gasteiger partial charge in [0.05, 0.1) is 0 Å². The van der Waals surface area contributed by atoms with Gasteiger partial charge in [-0.1, -0.05) is 32.0 Å². The molecule has 0 spiro atoms. The predicted molar refractivity (Wildman–Crippen MR) is 113 cm³/mol. The van der Waals surface area contributed by atoms with Gasteiger partial charge in [-0.3, -0.25) is 4.79 Å². The lowest BCUT2D eigenvalue weighted by molar-refractivity contribution is 0.0746. The van der Waals surface area contributed by atoms with Crippen molar-refractivity contribution in [3.63, 3.8) is 0 Å². The zero-order chi connectivity index (χ0) is 20.9. The fourth-order valence-electron chi connectivity index (χ4n) is 3.36. The van der Waals surface area contributed by atoms with Crippen molar-refractivity contribution < 1.29 is 13.2 Å². The van der Waals surface area contributed by atoms with Crippen LogP contribution in [0.2, 0.25) is 0 Å². The molecule has 1 aromatic heterocycles. The van der Waals surface area contributed by atoms with Gasteiger partial charge >= 0.3 is 0 Å². The van der Waals surface area contributed by atoms with Gasteiger partial charge in [-0.2, -0.15) is 0 Å². The molecule has 0 saturated carbocycles. The van der Waals surface area contributed by atoms with E-state index < -0.39 is 10.0 Å².